The van der Waals surface area contributed by atoms with Crippen molar-refractivity contribution in [2.75, 3.05) is 43.1 Å². The number of β-amino-alcohol motifs (C(OH)–C–C–N with tert-alkyl or cyclic N) is 1. The highest BCUT2D eigenvalue weighted by Gasteiger charge is 2.28. The lowest BCUT2D eigenvalue weighted by Gasteiger charge is -2.36. The highest BCUT2D eigenvalue weighted by molar-refractivity contribution is 5.46. The first-order valence-electron chi connectivity index (χ1n) is 8.24. The molecule has 2 N–H and O–H groups in total. The molecule has 0 spiro atoms. The van der Waals surface area contributed by atoms with Gasteiger partial charge < -0.3 is 24.6 Å². The van der Waals surface area contributed by atoms with Gasteiger partial charge in [0.25, 0.3) is 0 Å². The number of aromatic nitrogens is 5. The Kier molecular flexibility index (Phi) is 4.26. The quantitative estimate of drug-likeness (QED) is 0.754. The first-order chi connectivity index (χ1) is 11.8. The molecular formula is C15H21N7O2. The van der Waals surface area contributed by atoms with E-state index in [4.69, 9.17) is 4.74 Å². The Morgan fingerprint density at radius 2 is 2.08 bits per heavy atom. The number of aliphatic hydroxyl groups is 1. The van der Waals surface area contributed by atoms with Crippen molar-refractivity contribution in [3.05, 3.63) is 24.4 Å². The van der Waals surface area contributed by atoms with Gasteiger partial charge in [0.15, 0.2) is 0 Å². The predicted octanol–water partition coefficient (Wildman–Crippen LogP) is -0.135. The van der Waals surface area contributed by atoms with Gasteiger partial charge in [-0.2, -0.15) is 4.98 Å². The van der Waals surface area contributed by atoms with E-state index in [-0.39, 0.29) is 6.10 Å². The Bertz CT molecular complexity index is 666. The van der Waals surface area contributed by atoms with Crippen molar-refractivity contribution in [2.24, 2.45) is 0 Å². The third-order valence-electron chi connectivity index (χ3n) is 4.37. The zero-order valence-corrected chi connectivity index (χ0v) is 13.4. The van der Waals surface area contributed by atoms with E-state index in [0.717, 1.165) is 37.6 Å². The van der Waals surface area contributed by atoms with E-state index in [0.29, 0.717) is 31.6 Å². The van der Waals surface area contributed by atoms with Crippen molar-refractivity contribution in [3.63, 3.8) is 0 Å². The molecule has 2 saturated heterocycles. The summed E-state index contributed by atoms with van der Waals surface area (Å²) in [5.74, 6) is 1.80. The van der Waals surface area contributed by atoms with Crippen LogP contribution in [0.5, 0.6) is 0 Å². The van der Waals surface area contributed by atoms with Crippen LogP contribution in [0.2, 0.25) is 0 Å². The molecule has 4 rings (SSSR count). The summed E-state index contributed by atoms with van der Waals surface area (Å²) in [6.07, 6.45) is 4.09. The molecule has 128 valence electrons. The lowest BCUT2D eigenvalue weighted by atomic mass is 10.0. The van der Waals surface area contributed by atoms with Gasteiger partial charge in [0.05, 0.1) is 18.4 Å². The van der Waals surface area contributed by atoms with Gasteiger partial charge in [0.1, 0.15) is 18.5 Å². The minimum Gasteiger partial charge on any atom is -0.389 e. The van der Waals surface area contributed by atoms with Gasteiger partial charge in [-0.15, -0.1) is 10.2 Å². The highest BCUT2D eigenvalue weighted by Crippen LogP contribution is 2.28. The van der Waals surface area contributed by atoms with Crippen molar-refractivity contribution in [1.29, 1.82) is 0 Å². The molecule has 2 aromatic heterocycles. The average Bonchev–Trinajstić information content (AvgIpc) is 3.25. The van der Waals surface area contributed by atoms with Gasteiger partial charge >= 0.3 is 0 Å². The maximum Gasteiger partial charge on any atom is 0.227 e. The first kappa shape index (κ1) is 15.3. The summed E-state index contributed by atoms with van der Waals surface area (Å²) < 4.78 is 7.40. The number of ether oxygens (including phenoxy) is 1. The molecular weight excluding hydrogens is 310 g/mol. The smallest absolute Gasteiger partial charge is 0.227 e. The van der Waals surface area contributed by atoms with Crippen LogP contribution in [0.3, 0.4) is 0 Å². The van der Waals surface area contributed by atoms with Crippen LogP contribution in [0.15, 0.2) is 18.7 Å². The van der Waals surface area contributed by atoms with Crippen molar-refractivity contribution in [2.45, 2.75) is 25.0 Å². The second kappa shape index (κ2) is 6.70. The molecule has 0 bridgehead atoms. The molecule has 2 fully saturated rings. The summed E-state index contributed by atoms with van der Waals surface area (Å²) in [5, 5.41) is 20.5. The van der Waals surface area contributed by atoms with Gasteiger partial charge in [-0.1, -0.05) is 0 Å². The van der Waals surface area contributed by atoms with Gasteiger partial charge in [0, 0.05) is 44.8 Å². The maximum atomic E-state index is 9.53. The second-order valence-electron chi connectivity index (χ2n) is 6.22. The predicted molar refractivity (Wildman–Crippen MR) is 86.9 cm³/mol. The fourth-order valence-corrected chi connectivity index (χ4v) is 2.93. The average molecular weight is 331 g/mol. The summed E-state index contributed by atoms with van der Waals surface area (Å²) in [6.45, 7) is 4.14. The van der Waals surface area contributed by atoms with E-state index in [1.165, 1.54) is 0 Å². The van der Waals surface area contributed by atoms with E-state index in [9.17, 15) is 5.11 Å². The Labute approximate surface area is 139 Å². The molecule has 1 atom stereocenters. The number of hydrogen-bond acceptors (Lipinski definition) is 8. The SMILES string of the molecule is OC1CN(c2nc(NCCn3cnnc3)cc(C3CCOC3)n2)C1. The minimum atomic E-state index is -0.280. The third kappa shape index (κ3) is 3.31. The van der Waals surface area contributed by atoms with E-state index in [1.807, 2.05) is 15.5 Å². The maximum absolute atomic E-state index is 9.53. The van der Waals surface area contributed by atoms with E-state index < -0.39 is 0 Å². The Morgan fingerprint density at radius 3 is 2.79 bits per heavy atom. The Hall–Kier alpha value is -2.26. The lowest BCUT2D eigenvalue weighted by molar-refractivity contribution is 0.140. The molecule has 0 aromatic carbocycles. The third-order valence-corrected chi connectivity index (χ3v) is 4.37. The topological polar surface area (TPSA) is 101 Å². The molecule has 24 heavy (non-hydrogen) atoms. The number of anilines is 2. The van der Waals surface area contributed by atoms with Crippen molar-refractivity contribution in [1.82, 2.24) is 24.7 Å². The first-order valence-corrected chi connectivity index (χ1v) is 8.24. The minimum absolute atomic E-state index is 0.280. The number of nitrogens with zero attached hydrogens (tertiary/aromatic N) is 6. The fourth-order valence-electron chi connectivity index (χ4n) is 2.93. The highest BCUT2D eigenvalue weighted by atomic mass is 16.5. The zero-order valence-electron chi connectivity index (χ0n) is 13.4. The van der Waals surface area contributed by atoms with Crippen LogP contribution in [0.4, 0.5) is 11.8 Å². The summed E-state index contributed by atoms with van der Waals surface area (Å²) >= 11 is 0. The van der Waals surface area contributed by atoms with Gasteiger partial charge in [-0.25, -0.2) is 4.98 Å². The largest absolute Gasteiger partial charge is 0.389 e. The monoisotopic (exact) mass is 331 g/mol. The molecule has 0 saturated carbocycles. The molecule has 2 aliphatic rings. The van der Waals surface area contributed by atoms with Crippen LogP contribution in [0.25, 0.3) is 0 Å². The molecule has 2 aliphatic heterocycles. The van der Waals surface area contributed by atoms with Crippen molar-refractivity contribution < 1.29 is 9.84 Å². The lowest BCUT2D eigenvalue weighted by Crippen LogP contribution is -2.51. The van der Waals surface area contributed by atoms with Crippen LogP contribution in [-0.2, 0) is 11.3 Å². The second-order valence-corrected chi connectivity index (χ2v) is 6.22. The van der Waals surface area contributed by atoms with Crippen molar-refractivity contribution in [3.8, 4) is 0 Å². The molecule has 9 nitrogen and oxygen atoms in total. The summed E-state index contributed by atoms with van der Waals surface area (Å²) in [6, 6.07) is 2.01. The number of nitrogens with one attached hydrogen (secondary N) is 1. The number of hydrogen-bond donors (Lipinski definition) is 2. The Morgan fingerprint density at radius 1 is 1.25 bits per heavy atom. The summed E-state index contributed by atoms with van der Waals surface area (Å²) in [5.41, 5.74) is 1.01. The fraction of sp³-hybridized carbons (Fsp3) is 0.600. The van der Waals surface area contributed by atoms with Crippen LogP contribution in [-0.4, -0.2) is 68.8 Å². The molecule has 0 radical (unpaired) electrons. The molecule has 0 aliphatic carbocycles. The van der Waals surface area contributed by atoms with Crippen LogP contribution >= 0.6 is 0 Å². The number of rotatable bonds is 6. The van der Waals surface area contributed by atoms with Crippen LogP contribution in [0.1, 0.15) is 18.0 Å². The zero-order chi connectivity index (χ0) is 16.4. The number of aliphatic hydroxyl groups excluding tert-OH is 1. The van der Waals surface area contributed by atoms with E-state index in [1.54, 1.807) is 12.7 Å². The standard InChI is InChI=1S/C15H21N7O2/c23-12-6-22(7-12)15-19-13(11-1-4-24-8-11)5-14(20-15)16-2-3-21-9-17-18-10-21/h5,9-12,23H,1-4,6-8H2,(H,16,19,20). The summed E-state index contributed by atoms with van der Waals surface area (Å²) in [7, 11) is 0. The molecule has 0 amide bonds. The Balaban J connectivity index is 1.48. The van der Waals surface area contributed by atoms with Gasteiger partial charge in [-0.3, -0.25) is 0 Å². The van der Waals surface area contributed by atoms with E-state index >= 15 is 0 Å². The van der Waals surface area contributed by atoms with E-state index in [2.05, 4.69) is 25.5 Å². The molecule has 4 heterocycles. The van der Waals surface area contributed by atoms with Crippen LogP contribution in [0, 0.1) is 0 Å². The van der Waals surface area contributed by atoms with Crippen molar-refractivity contribution >= 4 is 11.8 Å². The summed E-state index contributed by atoms with van der Waals surface area (Å²) in [4.78, 5) is 11.3. The molecule has 2 aromatic rings. The van der Waals surface area contributed by atoms with Gasteiger partial charge in [0.2, 0.25) is 5.95 Å². The normalized spacial score (nSPS) is 21.0. The molecule has 9 heteroatoms. The molecule has 1 unspecified atom stereocenters. The van der Waals surface area contributed by atoms with Gasteiger partial charge in [-0.05, 0) is 6.42 Å². The van der Waals surface area contributed by atoms with Crippen LogP contribution < -0.4 is 10.2 Å².